The molecule has 21 heavy (non-hydrogen) atoms. The minimum Gasteiger partial charge on any atom is -0.399 e. The van der Waals surface area contributed by atoms with Gasteiger partial charge in [0, 0.05) is 11.4 Å². The first kappa shape index (κ1) is 15.3. The molecular weight excluding hydrogens is 316 g/mol. The summed E-state index contributed by atoms with van der Waals surface area (Å²) in [6.45, 7) is 0. The molecule has 0 aromatic heterocycles. The van der Waals surface area contributed by atoms with Gasteiger partial charge < -0.3 is 11.5 Å². The Bertz CT molecular complexity index is 859. The van der Waals surface area contributed by atoms with Gasteiger partial charge in [-0.2, -0.15) is 16.8 Å². The van der Waals surface area contributed by atoms with E-state index >= 15 is 0 Å². The molecule has 4 N–H and O–H groups in total. The first-order chi connectivity index (χ1) is 9.71. The summed E-state index contributed by atoms with van der Waals surface area (Å²) in [6, 6.07) is 10.1. The van der Waals surface area contributed by atoms with E-state index in [4.69, 9.17) is 11.5 Å². The zero-order valence-corrected chi connectivity index (χ0v) is 12.3. The van der Waals surface area contributed by atoms with Gasteiger partial charge in [0.2, 0.25) is 0 Å². The quantitative estimate of drug-likeness (QED) is 0.799. The lowest BCUT2D eigenvalue weighted by Crippen LogP contribution is -2.14. The van der Waals surface area contributed by atoms with Crippen LogP contribution in [0.4, 0.5) is 11.4 Å². The van der Waals surface area contributed by atoms with Crippen molar-refractivity contribution in [3.8, 4) is 0 Å². The average molecular weight is 328 g/mol. The molecule has 0 bridgehead atoms. The molecule has 7 nitrogen and oxygen atoms in total. The van der Waals surface area contributed by atoms with Crippen molar-refractivity contribution < 1.29 is 20.5 Å². The van der Waals surface area contributed by atoms with Gasteiger partial charge in [-0.15, -0.1) is 3.63 Å². The highest BCUT2D eigenvalue weighted by Crippen LogP contribution is 2.22. The normalized spacial score (nSPS) is 12.2. The third-order valence-electron chi connectivity index (χ3n) is 2.49. The van der Waals surface area contributed by atoms with E-state index in [2.05, 4.69) is 3.63 Å². The Morgan fingerprint density at radius 1 is 0.714 bits per heavy atom. The lowest BCUT2D eigenvalue weighted by Gasteiger charge is -2.07. The molecule has 2 aromatic carbocycles. The highest BCUT2D eigenvalue weighted by molar-refractivity contribution is 7.99. The van der Waals surface area contributed by atoms with Crippen molar-refractivity contribution in [1.29, 1.82) is 0 Å². The first-order valence-corrected chi connectivity index (χ1v) is 8.44. The number of nitrogen functional groups attached to an aromatic ring is 2. The molecule has 0 aliphatic heterocycles. The molecule has 112 valence electrons. The molecule has 0 saturated heterocycles. The molecule has 0 radical (unpaired) electrons. The van der Waals surface area contributed by atoms with E-state index in [9.17, 15) is 16.8 Å². The predicted octanol–water partition coefficient (Wildman–Crippen LogP) is 0.945. The lowest BCUT2D eigenvalue weighted by atomic mass is 10.3. The molecular formula is C12H12N2O5S2. The van der Waals surface area contributed by atoms with E-state index in [-0.39, 0.29) is 15.5 Å². The van der Waals surface area contributed by atoms with Crippen LogP contribution in [0.1, 0.15) is 0 Å². The molecule has 0 unspecified atom stereocenters. The van der Waals surface area contributed by atoms with Crippen LogP contribution >= 0.6 is 0 Å². The van der Waals surface area contributed by atoms with Crippen LogP contribution in [0, 0.1) is 0 Å². The smallest absolute Gasteiger partial charge is 0.311 e. The fraction of sp³-hybridized carbons (Fsp3) is 0. The van der Waals surface area contributed by atoms with E-state index < -0.39 is 20.2 Å². The van der Waals surface area contributed by atoms with Gasteiger partial charge in [-0.1, -0.05) is 6.07 Å². The van der Waals surface area contributed by atoms with Crippen LogP contribution in [0.25, 0.3) is 0 Å². The van der Waals surface area contributed by atoms with Crippen LogP contribution < -0.4 is 11.5 Å². The molecule has 0 heterocycles. The molecule has 0 aliphatic rings. The summed E-state index contributed by atoms with van der Waals surface area (Å²) in [6.07, 6.45) is 0. The summed E-state index contributed by atoms with van der Waals surface area (Å²) in [5.74, 6) is 0. The monoisotopic (exact) mass is 328 g/mol. The van der Waals surface area contributed by atoms with E-state index in [0.717, 1.165) is 18.2 Å². The number of benzene rings is 2. The third-order valence-corrected chi connectivity index (χ3v) is 5.61. The second-order valence-electron chi connectivity index (χ2n) is 4.12. The zero-order valence-electron chi connectivity index (χ0n) is 10.6. The Balaban J connectivity index is 2.38. The van der Waals surface area contributed by atoms with E-state index in [1.54, 1.807) is 0 Å². The topological polar surface area (TPSA) is 130 Å². The molecule has 2 rings (SSSR count). The van der Waals surface area contributed by atoms with Crippen LogP contribution in [-0.4, -0.2) is 16.8 Å². The SMILES string of the molecule is Nc1ccc(S(=O)(=O)OS(=O)(=O)c2cccc(N)c2)cc1. The standard InChI is InChI=1S/C12H12N2O5S2/c13-9-4-6-11(7-5-9)20(15,16)19-21(17,18)12-3-1-2-10(14)8-12/h1-8H,13-14H2. The molecule has 0 atom stereocenters. The number of anilines is 2. The van der Waals surface area contributed by atoms with Gasteiger partial charge in [0.05, 0.1) is 9.79 Å². The highest BCUT2D eigenvalue weighted by atomic mass is 32.3. The second kappa shape index (κ2) is 5.35. The largest absolute Gasteiger partial charge is 0.399 e. The Kier molecular flexibility index (Phi) is 3.90. The minimum absolute atomic E-state index is 0.171. The first-order valence-electron chi connectivity index (χ1n) is 5.63. The van der Waals surface area contributed by atoms with Crippen LogP contribution in [0.15, 0.2) is 58.3 Å². The number of rotatable bonds is 4. The molecule has 0 fully saturated rings. The fourth-order valence-electron chi connectivity index (χ4n) is 1.50. The highest BCUT2D eigenvalue weighted by Gasteiger charge is 2.26. The number of nitrogens with two attached hydrogens (primary N) is 2. The summed E-state index contributed by atoms with van der Waals surface area (Å²) >= 11 is 0. The molecule has 0 aliphatic carbocycles. The molecule has 9 heteroatoms. The maximum atomic E-state index is 12.0. The number of hydrogen-bond donors (Lipinski definition) is 2. The maximum absolute atomic E-state index is 12.0. The van der Waals surface area contributed by atoms with Crippen molar-refractivity contribution in [3.63, 3.8) is 0 Å². The van der Waals surface area contributed by atoms with Gasteiger partial charge in [-0.3, -0.25) is 0 Å². The molecule has 2 aromatic rings. The van der Waals surface area contributed by atoms with Gasteiger partial charge in [0.15, 0.2) is 0 Å². The van der Waals surface area contributed by atoms with Crippen molar-refractivity contribution in [2.75, 3.05) is 11.5 Å². The number of hydrogen-bond acceptors (Lipinski definition) is 7. The van der Waals surface area contributed by atoms with Crippen LogP contribution in [0.5, 0.6) is 0 Å². The maximum Gasteiger partial charge on any atom is 0.311 e. The van der Waals surface area contributed by atoms with Crippen molar-refractivity contribution in [2.45, 2.75) is 9.79 Å². The summed E-state index contributed by atoms with van der Waals surface area (Å²) in [4.78, 5) is -0.661. The third kappa shape index (κ3) is 3.51. The van der Waals surface area contributed by atoms with Gasteiger partial charge in [0.25, 0.3) is 0 Å². The Morgan fingerprint density at radius 3 is 1.86 bits per heavy atom. The van der Waals surface area contributed by atoms with E-state index in [0.29, 0.717) is 5.69 Å². The lowest BCUT2D eigenvalue weighted by molar-refractivity contribution is 0.462. The minimum atomic E-state index is -4.50. The van der Waals surface area contributed by atoms with Gasteiger partial charge >= 0.3 is 20.2 Å². The van der Waals surface area contributed by atoms with Gasteiger partial charge in [-0.05, 0) is 42.5 Å². The summed E-state index contributed by atoms with van der Waals surface area (Å²) in [5.41, 5.74) is 11.4. The summed E-state index contributed by atoms with van der Waals surface area (Å²) in [7, 11) is -8.98. The van der Waals surface area contributed by atoms with Crippen molar-refractivity contribution in [2.24, 2.45) is 0 Å². The molecule has 0 amide bonds. The summed E-state index contributed by atoms with van der Waals surface area (Å²) in [5, 5.41) is 0. The van der Waals surface area contributed by atoms with Gasteiger partial charge in [-0.25, -0.2) is 0 Å². The fourth-order valence-corrected chi connectivity index (χ4v) is 4.07. The second-order valence-corrected chi connectivity index (χ2v) is 7.42. The average Bonchev–Trinajstić information content (AvgIpc) is 2.38. The summed E-state index contributed by atoms with van der Waals surface area (Å²) < 4.78 is 52.1. The van der Waals surface area contributed by atoms with Crippen molar-refractivity contribution in [3.05, 3.63) is 48.5 Å². The van der Waals surface area contributed by atoms with Crippen LogP contribution in [-0.2, 0) is 23.9 Å². The van der Waals surface area contributed by atoms with E-state index in [1.807, 2.05) is 0 Å². The molecule has 0 spiro atoms. The van der Waals surface area contributed by atoms with Crippen LogP contribution in [0.3, 0.4) is 0 Å². The van der Waals surface area contributed by atoms with Gasteiger partial charge in [0.1, 0.15) is 0 Å². The van der Waals surface area contributed by atoms with E-state index in [1.165, 1.54) is 30.3 Å². The van der Waals surface area contributed by atoms with Crippen LogP contribution in [0.2, 0.25) is 0 Å². The Hall–Kier alpha value is -2.10. The Morgan fingerprint density at radius 2 is 1.29 bits per heavy atom. The van der Waals surface area contributed by atoms with Crippen molar-refractivity contribution >= 4 is 31.6 Å². The predicted molar refractivity (Wildman–Crippen MR) is 77.2 cm³/mol. The Labute approximate surface area is 122 Å². The van der Waals surface area contributed by atoms with Crippen molar-refractivity contribution in [1.82, 2.24) is 0 Å². The zero-order chi connectivity index (χ0) is 15.7. The molecule has 0 saturated carbocycles.